The van der Waals surface area contributed by atoms with Gasteiger partial charge in [0.05, 0.1) is 22.6 Å². The molecule has 7 heteroatoms. The first-order chi connectivity index (χ1) is 10.7. The van der Waals surface area contributed by atoms with Gasteiger partial charge in [-0.2, -0.15) is 5.10 Å². The summed E-state index contributed by atoms with van der Waals surface area (Å²) in [7, 11) is 0. The molecule has 0 saturated carbocycles. The van der Waals surface area contributed by atoms with Gasteiger partial charge in [0, 0.05) is 30.8 Å². The number of fused-ring (bicyclic) bond motifs is 1. The first-order valence-corrected chi connectivity index (χ1v) is 7.72. The zero-order chi connectivity index (χ0) is 15.1. The molecule has 6 nitrogen and oxygen atoms in total. The van der Waals surface area contributed by atoms with Crippen LogP contribution in [0.2, 0.25) is 0 Å². The van der Waals surface area contributed by atoms with E-state index in [1.165, 1.54) is 12.1 Å². The van der Waals surface area contributed by atoms with Crippen LogP contribution in [0.1, 0.15) is 35.8 Å². The van der Waals surface area contributed by atoms with Crippen molar-refractivity contribution in [3.8, 4) is 11.3 Å². The van der Waals surface area contributed by atoms with Crippen LogP contribution in [0.15, 0.2) is 22.9 Å². The van der Waals surface area contributed by atoms with Crippen molar-refractivity contribution < 1.29 is 4.52 Å². The van der Waals surface area contributed by atoms with Gasteiger partial charge in [0.15, 0.2) is 11.4 Å². The van der Waals surface area contributed by atoms with Gasteiger partial charge in [-0.1, -0.05) is 5.16 Å². The second-order valence-electron chi connectivity index (χ2n) is 5.99. The summed E-state index contributed by atoms with van der Waals surface area (Å²) in [5.74, 6) is 1.17. The lowest BCUT2D eigenvalue weighted by atomic mass is 9.92. The normalized spacial score (nSPS) is 18.1. The molecule has 4 heterocycles. The molecule has 3 aromatic rings. The first-order valence-electron chi connectivity index (χ1n) is 7.72. The summed E-state index contributed by atoms with van der Waals surface area (Å²) in [6, 6.07) is 3.97. The van der Waals surface area contributed by atoms with Gasteiger partial charge in [-0.3, -0.25) is 0 Å². The Balaban J connectivity index is 0.00000156. The summed E-state index contributed by atoms with van der Waals surface area (Å²) in [5.41, 5.74) is 4.90. The van der Waals surface area contributed by atoms with Gasteiger partial charge in [0.25, 0.3) is 0 Å². The molecule has 1 saturated heterocycles. The van der Waals surface area contributed by atoms with Crippen LogP contribution in [0.5, 0.6) is 0 Å². The number of hydrogen-bond donors (Lipinski definition) is 1. The number of aromatic nitrogens is 4. The summed E-state index contributed by atoms with van der Waals surface area (Å²) < 4.78 is 7.46. The standard InChI is InChI=1S/C16H19N5O.ClH/c1-10-7-15-18-9-13(14-6-11(2)20-22-14)16(21(15)19-10)12-4-3-5-17-8-12;/h6-7,9,12,17H,3-5,8H2,1-2H3;1H. The van der Waals surface area contributed by atoms with Gasteiger partial charge in [0.2, 0.25) is 0 Å². The summed E-state index contributed by atoms with van der Waals surface area (Å²) in [6.07, 6.45) is 4.20. The molecular weight excluding hydrogens is 314 g/mol. The molecule has 1 atom stereocenters. The van der Waals surface area contributed by atoms with Crippen molar-refractivity contribution in [1.82, 2.24) is 25.1 Å². The van der Waals surface area contributed by atoms with E-state index in [1.54, 1.807) is 0 Å². The predicted molar refractivity (Wildman–Crippen MR) is 90.1 cm³/mol. The fourth-order valence-corrected chi connectivity index (χ4v) is 3.22. The van der Waals surface area contributed by atoms with Crippen molar-refractivity contribution in [2.24, 2.45) is 0 Å². The van der Waals surface area contributed by atoms with Crippen molar-refractivity contribution in [2.75, 3.05) is 13.1 Å². The maximum absolute atomic E-state index is 5.49. The van der Waals surface area contributed by atoms with E-state index >= 15 is 0 Å². The molecule has 0 bridgehead atoms. The number of nitrogens with one attached hydrogen (secondary N) is 1. The molecular formula is C16H20ClN5O. The van der Waals surface area contributed by atoms with Crippen molar-refractivity contribution in [2.45, 2.75) is 32.6 Å². The Bertz CT molecular complexity index is 819. The van der Waals surface area contributed by atoms with Crippen LogP contribution in [0.25, 0.3) is 17.0 Å². The Morgan fingerprint density at radius 2 is 2.13 bits per heavy atom. The third-order valence-corrected chi connectivity index (χ3v) is 4.22. The van der Waals surface area contributed by atoms with Crippen LogP contribution in [0, 0.1) is 13.8 Å². The molecule has 0 aliphatic carbocycles. The van der Waals surface area contributed by atoms with Gasteiger partial charge >= 0.3 is 0 Å². The smallest absolute Gasteiger partial charge is 0.170 e. The Hall–Kier alpha value is -1.92. The van der Waals surface area contributed by atoms with Gasteiger partial charge in [-0.25, -0.2) is 9.50 Å². The molecule has 3 aromatic heterocycles. The molecule has 0 radical (unpaired) electrons. The Labute approximate surface area is 140 Å². The van der Waals surface area contributed by atoms with Gasteiger partial charge < -0.3 is 9.84 Å². The topological polar surface area (TPSA) is 68.2 Å². The van der Waals surface area contributed by atoms with E-state index in [9.17, 15) is 0 Å². The maximum atomic E-state index is 5.49. The average molecular weight is 334 g/mol. The lowest BCUT2D eigenvalue weighted by Crippen LogP contribution is -2.30. The zero-order valence-corrected chi connectivity index (χ0v) is 14.1. The van der Waals surface area contributed by atoms with Gasteiger partial charge in [-0.05, 0) is 33.2 Å². The van der Waals surface area contributed by atoms with Crippen molar-refractivity contribution in [3.05, 3.63) is 35.4 Å². The lowest BCUT2D eigenvalue weighted by Gasteiger charge is -2.24. The molecule has 122 valence electrons. The third kappa shape index (κ3) is 2.84. The highest BCUT2D eigenvalue weighted by Crippen LogP contribution is 2.33. The van der Waals surface area contributed by atoms with E-state index in [4.69, 9.17) is 4.52 Å². The molecule has 0 amide bonds. The van der Waals surface area contributed by atoms with Crippen LogP contribution in [0.3, 0.4) is 0 Å². The van der Waals surface area contributed by atoms with E-state index in [1.807, 2.05) is 36.7 Å². The lowest BCUT2D eigenvalue weighted by molar-refractivity contribution is 0.421. The van der Waals surface area contributed by atoms with Crippen LogP contribution in [-0.4, -0.2) is 32.8 Å². The molecule has 4 rings (SSSR count). The second-order valence-corrected chi connectivity index (χ2v) is 5.99. The minimum atomic E-state index is 0. The van der Waals surface area contributed by atoms with Crippen molar-refractivity contribution >= 4 is 18.1 Å². The highest BCUT2D eigenvalue weighted by atomic mass is 35.5. The number of rotatable bonds is 2. The average Bonchev–Trinajstić information content (AvgIpc) is 3.11. The van der Waals surface area contributed by atoms with Crippen molar-refractivity contribution in [3.63, 3.8) is 0 Å². The van der Waals surface area contributed by atoms with Crippen LogP contribution >= 0.6 is 12.4 Å². The zero-order valence-electron chi connectivity index (χ0n) is 13.2. The summed E-state index contributed by atoms with van der Waals surface area (Å²) in [4.78, 5) is 4.54. The Kier molecular flexibility index (Phi) is 4.37. The maximum Gasteiger partial charge on any atom is 0.170 e. The van der Waals surface area contributed by atoms with E-state index < -0.39 is 0 Å². The van der Waals surface area contributed by atoms with E-state index in [2.05, 4.69) is 20.6 Å². The van der Waals surface area contributed by atoms with Gasteiger partial charge in [0.1, 0.15) is 0 Å². The summed E-state index contributed by atoms with van der Waals surface area (Å²) in [6.45, 7) is 5.96. The fourth-order valence-electron chi connectivity index (χ4n) is 3.22. The highest BCUT2D eigenvalue weighted by Gasteiger charge is 2.25. The summed E-state index contributed by atoms with van der Waals surface area (Å²) in [5, 5.41) is 12.1. The highest BCUT2D eigenvalue weighted by molar-refractivity contribution is 5.85. The van der Waals surface area contributed by atoms with E-state index in [0.29, 0.717) is 5.92 Å². The molecule has 23 heavy (non-hydrogen) atoms. The third-order valence-electron chi connectivity index (χ3n) is 4.22. The van der Waals surface area contributed by atoms with Crippen molar-refractivity contribution in [1.29, 1.82) is 0 Å². The van der Waals surface area contributed by atoms with Crippen LogP contribution < -0.4 is 5.32 Å². The fraction of sp³-hybridized carbons (Fsp3) is 0.438. The number of nitrogens with zero attached hydrogens (tertiary/aromatic N) is 4. The van der Waals surface area contributed by atoms with Crippen LogP contribution in [0.4, 0.5) is 0 Å². The van der Waals surface area contributed by atoms with Crippen LogP contribution in [-0.2, 0) is 0 Å². The number of halogens is 1. The number of hydrogen-bond acceptors (Lipinski definition) is 5. The summed E-state index contributed by atoms with van der Waals surface area (Å²) >= 11 is 0. The molecule has 1 unspecified atom stereocenters. The Morgan fingerprint density at radius 3 is 2.83 bits per heavy atom. The molecule has 1 N–H and O–H groups in total. The SMILES string of the molecule is Cc1cc(-c2cnc3cc(C)nn3c2C2CCCNC2)on1.Cl. The minimum absolute atomic E-state index is 0. The van der Waals surface area contributed by atoms with E-state index in [-0.39, 0.29) is 12.4 Å². The largest absolute Gasteiger partial charge is 0.356 e. The predicted octanol–water partition coefficient (Wildman–Crippen LogP) is 2.89. The quantitative estimate of drug-likeness (QED) is 0.781. The molecule has 1 aliphatic heterocycles. The molecule has 0 spiro atoms. The first kappa shape index (κ1) is 16.0. The monoisotopic (exact) mass is 333 g/mol. The number of aryl methyl sites for hydroxylation is 2. The molecule has 1 aliphatic rings. The second kappa shape index (κ2) is 6.29. The number of piperidine rings is 1. The van der Waals surface area contributed by atoms with E-state index in [0.717, 1.165) is 47.9 Å². The molecule has 0 aromatic carbocycles. The van der Waals surface area contributed by atoms with Gasteiger partial charge in [-0.15, -0.1) is 12.4 Å². The minimum Gasteiger partial charge on any atom is -0.356 e. The Morgan fingerprint density at radius 1 is 1.26 bits per heavy atom. The molecule has 1 fully saturated rings.